The molecule has 144 valence electrons. The largest absolute Gasteiger partial charge is 0.464 e. The van der Waals surface area contributed by atoms with E-state index >= 15 is 0 Å². The second-order valence-corrected chi connectivity index (χ2v) is 7.60. The third kappa shape index (κ3) is 5.72. The van der Waals surface area contributed by atoms with Crippen LogP contribution in [0.3, 0.4) is 0 Å². The molecule has 0 bridgehead atoms. The Labute approximate surface area is 158 Å². The number of carbonyl (C=O) groups excluding carboxylic acids is 2. The van der Waals surface area contributed by atoms with Crippen molar-refractivity contribution in [1.29, 1.82) is 0 Å². The fourth-order valence-electron chi connectivity index (χ4n) is 2.65. The first-order valence-electron chi connectivity index (χ1n) is 8.53. The van der Waals surface area contributed by atoms with Crippen LogP contribution < -0.4 is 5.32 Å². The molecule has 0 unspecified atom stereocenters. The second-order valence-electron chi connectivity index (χ2n) is 7.21. The van der Waals surface area contributed by atoms with Crippen LogP contribution in [0.15, 0.2) is 6.07 Å². The molecule has 0 saturated carbocycles. The molecule has 26 heavy (non-hydrogen) atoms. The molecule has 2 rings (SSSR count). The number of nitrogens with zero attached hydrogens (tertiary/aromatic N) is 3. The lowest BCUT2D eigenvalue weighted by atomic mass is 9.97. The molecule has 0 radical (unpaired) electrons. The molecule has 1 aliphatic heterocycles. The van der Waals surface area contributed by atoms with E-state index in [0.29, 0.717) is 31.2 Å². The lowest BCUT2D eigenvalue weighted by Gasteiger charge is -2.33. The van der Waals surface area contributed by atoms with Crippen molar-refractivity contribution >= 4 is 29.4 Å². The topological polar surface area (TPSA) is 93.6 Å². The van der Waals surface area contributed by atoms with E-state index in [0.717, 1.165) is 12.8 Å². The van der Waals surface area contributed by atoms with Gasteiger partial charge in [0.15, 0.2) is 10.8 Å². The van der Waals surface area contributed by atoms with Gasteiger partial charge in [0, 0.05) is 25.7 Å². The van der Waals surface area contributed by atoms with Crippen molar-refractivity contribution in [3.63, 3.8) is 0 Å². The molecule has 1 aromatic rings. The summed E-state index contributed by atoms with van der Waals surface area (Å²) in [7, 11) is 1.29. The van der Waals surface area contributed by atoms with Gasteiger partial charge in [0.1, 0.15) is 5.60 Å². The molecular weight excluding hydrogens is 360 g/mol. The van der Waals surface area contributed by atoms with E-state index < -0.39 is 11.6 Å². The third-order valence-corrected chi connectivity index (χ3v) is 4.17. The molecule has 1 fully saturated rings. The number of aromatic nitrogens is 2. The highest BCUT2D eigenvalue weighted by Crippen LogP contribution is 2.22. The number of esters is 1. The molecule has 0 atom stereocenters. The zero-order valence-corrected chi connectivity index (χ0v) is 16.3. The number of rotatable bonds is 4. The molecule has 0 aliphatic carbocycles. The second kappa shape index (κ2) is 8.53. The summed E-state index contributed by atoms with van der Waals surface area (Å²) in [5.41, 5.74) is 0.0995. The van der Waals surface area contributed by atoms with Crippen LogP contribution >= 0.6 is 11.6 Å². The standard InChI is InChI=1S/C17H25ClN4O4/c1-17(2,3)26-16(24)22-7-5-11(6-8-22)10-19-12-9-13(18)20-21-14(12)15(23)25-4/h9,11H,5-8,10H2,1-4H3,(H,19,20). The monoisotopic (exact) mass is 384 g/mol. The maximum Gasteiger partial charge on any atom is 0.410 e. The number of amides is 1. The zero-order valence-electron chi connectivity index (χ0n) is 15.5. The van der Waals surface area contributed by atoms with Crippen LogP contribution in [-0.4, -0.2) is 59.5 Å². The maximum absolute atomic E-state index is 12.1. The van der Waals surface area contributed by atoms with Crippen LogP contribution in [0.2, 0.25) is 5.15 Å². The van der Waals surface area contributed by atoms with E-state index in [2.05, 4.69) is 15.5 Å². The SMILES string of the molecule is COC(=O)c1nnc(Cl)cc1NCC1CCN(C(=O)OC(C)(C)C)CC1. The highest BCUT2D eigenvalue weighted by atomic mass is 35.5. The quantitative estimate of drug-likeness (QED) is 0.797. The first-order chi connectivity index (χ1) is 12.2. The third-order valence-electron chi connectivity index (χ3n) is 3.99. The molecule has 1 N–H and O–H groups in total. The van der Waals surface area contributed by atoms with E-state index in [1.165, 1.54) is 7.11 Å². The van der Waals surface area contributed by atoms with Crippen molar-refractivity contribution < 1.29 is 19.1 Å². The fourth-order valence-corrected chi connectivity index (χ4v) is 2.80. The van der Waals surface area contributed by atoms with Crippen LogP contribution in [0, 0.1) is 5.92 Å². The molecule has 0 aromatic carbocycles. The predicted octanol–water partition coefficient (Wildman–Crippen LogP) is 2.98. The number of likely N-dealkylation sites (tertiary alicyclic amines) is 1. The number of carbonyl (C=O) groups is 2. The van der Waals surface area contributed by atoms with Crippen LogP contribution in [0.1, 0.15) is 44.1 Å². The normalized spacial score (nSPS) is 15.5. The van der Waals surface area contributed by atoms with E-state index in [1.54, 1.807) is 11.0 Å². The molecule has 9 heteroatoms. The van der Waals surface area contributed by atoms with Gasteiger partial charge in [-0.1, -0.05) is 11.6 Å². The fraction of sp³-hybridized carbons (Fsp3) is 0.647. The Bertz CT molecular complexity index is 655. The van der Waals surface area contributed by atoms with Crippen molar-refractivity contribution in [2.24, 2.45) is 5.92 Å². The van der Waals surface area contributed by atoms with Crippen molar-refractivity contribution in [3.8, 4) is 0 Å². The number of nitrogens with one attached hydrogen (secondary N) is 1. The molecule has 8 nitrogen and oxygen atoms in total. The number of halogens is 1. The van der Waals surface area contributed by atoms with E-state index in [9.17, 15) is 9.59 Å². The van der Waals surface area contributed by atoms with Gasteiger partial charge in [0.2, 0.25) is 0 Å². The van der Waals surface area contributed by atoms with Crippen LogP contribution in [0.25, 0.3) is 0 Å². The lowest BCUT2D eigenvalue weighted by molar-refractivity contribution is 0.0187. The van der Waals surface area contributed by atoms with E-state index in [-0.39, 0.29) is 16.9 Å². The van der Waals surface area contributed by atoms with E-state index in [1.807, 2.05) is 20.8 Å². The Morgan fingerprint density at radius 1 is 1.31 bits per heavy atom. The van der Waals surface area contributed by atoms with Gasteiger partial charge in [0.05, 0.1) is 12.8 Å². The molecule has 1 saturated heterocycles. The number of hydrogen-bond acceptors (Lipinski definition) is 7. The number of ether oxygens (including phenoxy) is 2. The van der Waals surface area contributed by atoms with Gasteiger partial charge in [0.25, 0.3) is 0 Å². The van der Waals surface area contributed by atoms with Crippen LogP contribution in [0.5, 0.6) is 0 Å². The summed E-state index contributed by atoms with van der Waals surface area (Å²) >= 11 is 5.87. The van der Waals surface area contributed by atoms with Crippen LogP contribution in [-0.2, 0) is 9.47 Å². The first-order valence-corrected chi connectivity index (χ1v) is 8.90. The highest BCUT2D eigenvalue weighted by Gasteiger charge is 2.27. The number of methoxy groups -OCH3 is 1. The number of anilines is 1. The summed E-state index contributed by atoms with van der Waals surface area (Å²) in [6.45, 7) is 7.48. The van der Waals surface area contributed by atoms with Gasteiger partial charge in [-0.05, 0) is 39.5 Å². The Morgan fingerprint density at radius 3 is 2.54 bits per heavy atom. The van der Waals surface area contributed by atoms with Crippen molar-refractivity contribution in [1.82, 2.24) is 15.1 Å². The summed E-state index contributed by atoms with van der Waals surface area (Å²) in [5.74, 6) is -0.220. The minimum Gasteiger partial charge on any atom is -0.464 e. The molecule has 1 aliphatic rings. The number of hydrogen-bond donors (Lipinski definition) is 1. The average molecular weight is 385 g/mol. The summed E-state index contributed by atoms with van der Waals surface area (Å²) < 4.78 is 10.1. The molecular formula is C17H25ClN4O4. The van der Waals surface area contributed by atoms with Gasteiger partial charge >= 0.3 is 12.1 Å². The summed E-state index contributed by atoms with van der Waals surface area (Å²) in [4.78, 5) is 25.6. The lowest BCUT2D eigenvalue weighted by Crippen LogP contribution is -2.42. The van der Waals surface area contributed by atoms with Gasteiger partial charge in [-0.25, -0.2) is 9.59 Å². The molecule has 1 amide bonds. The summed E-state index contributed by atoms with van der Waals surface area (Å²) in [6, 6.07) is 1.55. The van der Waals surface area contributed by atoms with Crippen molar-refractivity contribution in [2.75, 3.05) is 32.1 Å². The minimum atomic E-state index is -0.573. The Kier molecular flexibility index (Phi) is 6.63. The molecule has 2 heterocycles. The summed E-state index contributed by atoms with van der Waals surface area (Å²) in [5, 5.41) is 10.9. The van der Waals surface area contributed by atoms with Crippen molar-refractivity contribution in [2.45, 2.75) is 39.2 Å². The van der Waals surface area contributed by atoms with Gasteiger partial charge in [-0.2, -0.15) is 0 Å². The maximum atomic E-state index is 12.1. The van der Waals surface area contributed by atoms with Gasteiger partial charge < -0.3 is 19.7 Å². The minimum absolute atomic E-state index is 0.100. The predicted molar refractivity (Wildman–Crippen MR) is 97.4 cm³/mol. The Balaban J connectivity index is 1.88. The Morgan fingerprint density at radius 2 is 1.96 bits per heavy atom. The average Bonchev–Trinajstić information content (AvgIpc) is 2.58. The molecule has 0 spiro atoms. The van der Waals surface area contributed by atoms with E-state index in [4.69, 9.17) is 21.1 Å². The van der Waals surface area contributed by atoms with Crippen LogP contribution in [0.4, 0.5) is 10.5 Å². The Hall–Kier alpha value is -2.09. The van der Waals surface area contributed by atoms with Gasteiger partial charge in [-0.3, -0.25) is 0 Å². The first kappa shape index (κ1) is 20.2. The summed E-state index contributed by atoms with van der Waals surface area (Å²) in [6.07, 6.45) is 1.40. The molecule has 1 aromatic heterocycles. The zero-order chi connectivity index (χ0) is 19.3. The van der Waals surface area contributed by atoms with Crippen molar-refractivity contribution in [3.05, 3.63) is 16.9 Å². The van der Waals surface area contributed by atoms with Gasteiger partial charge in [-0.15, -0.1) is 10.2 Å². The highest BCUT2D eigenvalue weighted by molar-refractivity contribution is 6.29. The number of piperidine rings is 1. The smallest absolute Gasteiger partial charge is 0.410 e.